The number of carbonyl (C=O) groups excluding carboxylic acids is 1. The lowest BCUT2D eigenvalue weighted by atomic mass is 9.85. The number of hydrogen-bond donors (Lipinski definition) is 1. The zero-order valence-corrected chi connectivity index (χ0v) is 18.8. The molecule has 2 aliphatic rings. The van der Waals surface area contributed by atoms with Crippen molar-refractivity contribution in [3.8, 4) is 16.9 Å². The molecular formula is C23H29N3O4S. The Hall–Kier alpha value is -2.45. The summed E-state index contributed by atoms with van der Waals surface area (Å²) in [7, 11) is -1.69. The van der Waals surface area contributed by atoms with Gasteiger partial charge >= 0.3 is 0 Å². The Morgan fingerprint density at radius 3 is 2.55 bits per heavy atom. The van der Waals surface area contributed by atoms with E-state index in [0.29, 0.717) is 12.2 Å². The third-order valence-electron chi connectivity index (χ3n) is 6.67. The highest BCUT2D eigenvalue weighted by molar-refractivity contribution is 7.89. The first-order valence-electron chi connectivity index (χ1n) is 10.8. The van der Waals surface area contributed by atoms with Gasteiger partial charge in [0, 0.05) is 30.9 Å². The molecule has 1 fully saturated rings. The van der Waals surface area contributed by atoms with Crippen LogP contribution >= 0.6 is 0 Å². The van der Waals surface area contributed by atoms with Crippen LogP contribution in [0.1, 0.15) is 44.6 Å². The van der Waals surface area contributed by atoms with Gasteiger partial charge in [0.2, 0.25) is 15.9 Å². The van der Waals surface area contributed by atoms with E-state index in [0.717, 1.165) is 54.5 Å². The Kier molecular flexibility index (Phi) is 6.03. The Bertz CT molecular complexity index is 1080. The monoisotopic (exact) mass is 443 g/mol. The van der Waals surface area contributed by atoms with Crippen LogP contribution in [0.15, 0.2) is 36.7 Å². The van der Waals surface area contributed by atoms with Crippen LogP contribution < -0.4 is 14.8 Å². The second-order valence-corrected chi connectivity index (χ2v) is 10.6. The number of amides is 1. The molecule has 0 radical (unpaired) electrons. The van der Waals surface area contributed by atoms with E-state index in [1.807, 2.05) is 31.4 Å². The first-order chi connectivity index (χ1) is 14.7. The average Bonchev–Trinajstić information content (AvgIpc) is 2.76. The number of primary sulfonamides is 1. The average molecular weight is 444 g/mol. The smallest absolute Gasteiger partial charge is 0.227 e. The third-order valence-corrected chi connectivity index (χ3v) is 8.09. The maximum absolute atomic E-state index is 11.9. The first-order valence-corrected chi connectivity index (χ1v) is 12.4. The van der Waals surface area contributed by atoms with Gasteiger partial charge in [0.25, 0.3) is 0 Å². The van der Waals surface area contributed by atoms with Gasteiger partial charge in [0.1, 0.15) is 5.75 Å². The van der Waals surface area contributed by atoms with Crippen molar-refractivity contribution in [1.29, 1.82) is 0 Å². The van der Waals surface area contributed by atoms with E-state index >= 15 is 0 Å². The van der Waals surface area contributed by atoms with Gasteiger partial charge in [-0.1, -0.05) is 6.07 Å². The van der Waals surface area contributed by atoms with Crippen molar-refractivity contribution in [3.05, 3.63) is 42.2 Å². The molecule has 0 saturated heterocycles. The van der Waals surface area contributed by atoms with E-state index in [1.165, 1.54) is 0 Å². The predicted octanol–water partition coefficient (Wildman–Crippen LogP) is 3.27. The molecule has 1 aromatic heterocycles. The number of aryl methyl sites for hydroxylation is 1. The van der Waals surface area contributed by atoms with Crippen molar-refractivity contribution >= 4 is 21.6 Å². The van der Waals surface area contributed by atoms with Gasteiger partial charge in [-0.2, -0.15) is 0 Å². The van der Waals surface area contributed by atoms with Gasteiger partial charge in [0.15, 0.2) is 0 Å². The lowest BCUT2D eigenvalue weighted by molar-refractivity contribution is -0.118. The summed E-state index contributed by atoms with van der Waals surface area (Å²) >= 11 is 0. The molecule has 2 aromatic rings. The molecule has 166 valence electrons. The van der Waals surface area contributed by atoms with Crippen molar-refractivity contribution in [2.24, 2.45) is 11.1 Å². The SMILES string of the molecule is CC(C1CCC(Oc2cncc(-c3ccc4c(c3)CCC(=O)N4C)c2)CC1)S(N)(=O)=O. The molecule has 7 nitrogen and oxygen atoms in total. The van der Waals surface area contributed by atoms with Gasteiger partial charge < -0.3 is 9.64 Å². The number of sulfonamides is 1. The molecule has 8 heteroatoms. The summed E-state index contributed by atoms with van der Waals surface area (Å²) < 4.78 is 29.4. The van der Waals surface area contributed by atoms with Crippen LogP contribution in [0.25, 0.3) is 11.1 Å². The van der Waals surface area contributed by atoms with Crippen LogP contribution in [0.4, 0.5) is 5.69 Å². The summed E-state index contributed by atoms with van der Waals surface area (Å²) in [5.41, 5.74) is 4.14. The minimum absolute atomic E-state index is 0.0455. The maximum atomic E-state index is 11.9. The van der Waals surface area contributed by atoms with Crippen molar-refractivity contribution in [2.75, 3.05) is 11.9 Å². The summed E-state index contributed by atoms with van der Waals surface area (Å²) in [6.45, 7) is 1.70. The van der Waals surface area contributed by atoms with Crippen LogP contribution in [0.5, 0.6) is 5.75 Å². The van der Waals surface area contributed by atoms with Crippen LogP contribution in [-0.4, -0.2) is 37.7 Å². The molecule has 2 heterocycles. The molecule has 1 aliphatic heterocycles. The molecule has 1 amide bonds. The number of aromatic nitrogens is 1. The number of fused-ring (bicyclic) bond motifs is 1. The highest BCUT2D eigenvalue weighted by Gasteiger charge is 2.31. The number of ether oxygens (including phenoxy) is 1. The summed E-state index contributed by atoms with van der Waals surface area (Å²) in [5.74, 6) is 0.941. The molecule has 1 aromatic carbocycles. The molecule has 31 heavy (non-hydrogen) atoms. The summed E-state index contributed by atoms with van der Waals surface area (Å²) in [4.78, 5) is 18.0. The Morgan fingerprint density at radius 2 is 1.84 bits per heavy atom. The zero-order chi connectivity index (χ0) is 22.2. The van der Waals surface area contributed by atoms with Gasteiger partial charge in [-0.25, -0.2) is 13.6 Å². The van der Waals surface area contributed by atoms with Crippen molar-refractivity contribution in [2.45, 2.75) is 56.8 Å². The van der Waals surface area contributed by atoms with Crippen LogP contribution in [0.2, 0.25) is 0 Å². The van der Waals surface area contributed by atoms with Crippen molar-refractivity contribution in [3.63, 3.8) is 0 Å². The van der Waals surface area contributed by atoms with Crippen LogP contribution in [0, 0.1) is 5.92 Å². The molecular weight excluding hydrogens is 414 g/mol. The normalized spacial score (nSPS) is 22.7. The van der Waals surface area contributed by atoms with E-state index in [1.54, 1.807) is 18.0 Å². The number of benzene rings is 1. The number of hydrogen-bond acceptors (Lipinski definition) is 5. The Morgan fingerprint density at radius 1 is 1.10 bits per heavy atom. The van der Waals surface area contributed by atoms with Crippen LogP contribution in [0.3, 0.4) is 0 Å². The second kappa shape index (κ2) is 8.59. The van der Waals surface area contributed by atoms with Crippen molar-refractivity contribution < 1.29 is 17.9 Å². The van der Waals surface area contributed by atoms with E-state index < -0.39 is 15.3 Å². The number of pyridine rings is 1. The number of carbonyl (C=O) groups is 1. The van der Waals surface area contributed by atoms with Gasteiger partial charge in [0.05, 0.1) is 17.6 Å². The fourth-order valence-corrected chi connectivity index (χ4v) is 5.42. The highest BCUT2D eigenvalue weighted by atomic mass is 32.2. The van der Waals surface area contributed by atoms with E-state index in [9.17, 15) is 13.2 Å². The zero-order valence-electron chi connectivity index (χ0n) is 18.0. The molecule has 1 aliphatic carbocycles. The number of nitrogens with two attached hydrogens (primary N) is 1. The number of rotatable bonds is 5. The molecule has 2 N–H and O–H groups in total. The van der Waals surface area contributed by atoms with E-state index in [4.69, 9.17) is 9.88 Å². The second-order valence-electron chi connectivity index (χ2n) is 8.65. The maximum Gasteiger partial charge on any atom is 0.227 e. The number of anilines is 1. The Labute approximate surface area is 183 Å². The molecule has 1 unspecified atom stereocenters. The summed E-state index contributed by atoms with van der Waals surface area (Å²) in [5, 5.41) is 4.79. The van der Waals surface area contributed by atoms with Crippen LogP contribution in [-0.2, 0) is 21.2 Å². The fraction of sp³-hybridized carbons (Fsp3) is 0.478. The molecule has 0 spiro atoms. The summed E-state index contributed by atoms with van der Waals surface area (Å²) in [6, 6.07) is 8.11. The van der Waals surface area contributed by atoms with Gasteiger partial charge in [-0.15, -0.1) is 0 Å². The fourth-order valence-electron chi connectivity index (χ4n) is 4.61. The lowest BCUT2D eigenvalue weighted by Gasteiger charge is -2.31. The third kappa shape index (κ3) is 4.75. The molecule has 1 saturated carbocycles. The molecule has 0 bridgehead atoms. The largest absolute Gasteiger partial charge is 0.489 e. The minimum atomic E-state index is -3.50. The molecule has 4 rings (SSSR count). The van der Waals surface area contributed by atoms with Gasteiger partial charge in [-0.05, 0) is 74.3 Å². The van der Waals surface area contributed by atoms with E-state index in [-0.39, 0.29) is 17.9 Å². The molecule has 1 atom stereocenters. The highest BCUT2D eigenvalue weighted by Crippen LogP contribution is 2.34. The quantitative estimate of drug-likeness (QED) is 0.764. The minimum Gasteiger partial charge on any atom is -0.489 e. The predicted molar refractivity (Wildman–Crippen MR) is 120 cm³/mol. The first kappa shape index (κ1) is 21.8. The topological polar surface area (TPSA) is 103 Å². The van der Waals surface area contributed by atoms with Crippen molar-refractivity contribution in [1.82, 2.24) is 4.98 Å². The Balaban J connectivity index is 1.44. The standard InChI is InChI=1S/C23H29N3O4S/c1-15(31(24,28)29)16-3-7-20(8-4-16)30-21-12-19(13-25-14-21)17-5-9-22-18(11-17)6-10-23(27)26(22)2/h5,9,11-16,20H,3-4,6-8,10H2,1-2H3,(H2,24,28,29). The summed E-state index contributed by atoms with van der Waals surface area (Å²) in [6.07, 6.45) is 8.02. The van der Waals surface area contributed by atoms with Gasteiger partial charge in [-0.3, -0.25) is 9.78 Å². The lowest BCUT2D eigenvalue weighted by Crippen LogP contribution is -2.36. The van der Waals surface area contributed by atoms with E-state index in [2.05, 4.69) is 11.1 Å². The number of nitrogens with zero attached hydrogens (tertiary/aromatic N) is 2.